The number of hydrogen-bond donors (Lipinski definition) is 1. The van der Waals surface area contributed by atoms with Crippen LogP contribution < -0.4 is 5.73 Å². The summed E-state index contributed by atoms with van der Waals surface area (Å²) < 4.78 is 0. The van der Waals surface area contributed by atoms with Crippen molar-refractivity contribution < 1.29 is 0 Å². The fraction of sp³-hybridized carbons (Fsp3) is 0.600. The molecule has 1 saturated carbocycles. The van der Waals surface area contributed by atoms with E-state index in [4.69, 9.17) is 17.3 Å². The zero-order chi connectivity index (χ0) is 13.0. The van der Waals surface area contributed by atoms with E-state index in [1.807, 2.05) is 17.8 Å². The Hall–Kier alpha value is -0.180. The molecule has 2 N–H and O–H groups in total. The molecule has 0 heterocycles. The molecule has 18 heavy (non-hydrogen) atoms. The molecule has 1 aliphatic carbocycles. The maximum atomic E-state index is 6.09. The second kappa shape index (κ2) is 6.83. The quantitative estimate of drug-likeness (QED) is 0.870. The van der Waals surface area contributed by atoms with Crippen LogP contribution in [0.1, 0.15) is 44.6 Å². The highest BCUT2D eigenvalue weighted by molar-refractivity contribution is 8.00. The van der Waals surface area contributed by atoms with Crippen LogP contribution in [0.2, 0.25) is 5.02 Å². The fourth-order valence-electron chi connectivity index (χ4n) is 2.53. The van der Waals surface area contributed by atoms with E-state index in [1.165, 1.54) is 42.6 Å². The number of nitrogens with two attached hydrogens (primary N) is 1. The molecule has 1 atom stereocenters. The number of thioether (sulfide) groups is 1. The Kier molecular flexibility index (Phi) is 5.40. The van der Waals surface area contributed by atoms with Crippen LogP contribution in [0.4, 0.5) is 0 Å². The molecular weight excluding hydrogens is 262 g/mol. The second-order valence-electron chi connectivity index (χ2n) is 5.31. The van der Waals surface area contributed by atoms with Gasteiger partial charge < -0.3 is 5.73 Å². The summed E-state index contributed by atoms with van der Waals surface area (Å²) in [6.07, 6.45) is 7.79. The molecule has 0 bridgehead atoms. The van der Waals surface area contributed by atoms with Gasteiger partial charge >= 0.3 is 0 Å². The maximum Gasteiger partial charge on any atom is 0.0409 e. The van der Waals surface area contributed by atoms with E-state index < -0.39 is 0 Å². The predicted molar refractivity (Wildman–Crippen MR) is 81.5 cm³/mol. The van der Waals surface area contributed by atoms with E-state index in [1.54, 1.807) is 0 Å². The molecule has 1 nitrogen and oxygen atoms in total. The third kappa shape index (κ3) is 4.18. The molecule has 0 saturated heterocycles. The Morgan fingerprint density at radius 1 is 1.33 bits per heavy atom. The van der Waals surface area contributed by atoms with E-state index in [2.05, 4.69) is 19.1 Å². The summed E-state index contributed by atoms with van der Waals surface area (Å²) in [5.74, 6) is 0. The molecule has 0 amide bonds. The van der Waals surface area contributed by atoms with E-state index >= 15 is 0 Å². The normalized spacial score (nSPS) is 18.8. The molecule has 3 heteroatoms. The number of rotatable bonds is 4. The van der Waals surface area contributed by atoms with Crippen molar-refractivity contribution in [3.8, 4) is 0 Å². The van der Waals surface area contributed by atoms with Crippen molar-refractivity contribution in [1.29, 1.82) is 0 Å². The number of benzene rings is 1. The molecule has 1 aromatic carbocycles. The molecule has 0 spiro atoms. The summed E-state index contributed by atoms with van der Waals surface area (Å²) in [6, 6.07) is 6.43. The lowest BCUT2D eigenvalue weighted by atomic mass is 10.0. The third-order valence-corrected chi connectivity index (χ3v) is 5.10. The van der Waals surface area contributed by atoms with Gasteiger partial charge in [0.1, 0.15) is 0 Å². The number of halogens is 1. The van der Waals surface area contributed by atoms with Crippen LogP contribution >= 0.6 is 23.4 Å². The lowest BCUT2D eigenvalue weighted by Gasteiger charge is -2.22. The van der Waals surface area contributed by atoms with Gasteiger partial charge in [-0.1, -0.05) is 30.9 Å². The predicted octanol–water partition coefficient (Wildman–Crippen LogP) is 4.65. The van der Waals surface area contributed by atoms with Crippen molar-refractivity contribution in [2.24, 2.45) is 5.73 Å². The first-order chi connectivity index (χ1) is 8.65. The van der Waals surface area contributed by atoms with Crippen LogP contribution in [-0.2, 0) is 6.42 Å². The van der Waals surface area contributed by atoms with Crippen LogP contribution in [0.25, 0.3) is 0 Å². The zero-order valence-electron chi connectivity index (χ0n) is 11.0. The molecule has 0 aromatic heterocycles. The SMILES string of the molecule is CC(N)Cc1cc(Cl)ccc1SC1CCCCC1. The molecule has 2 rings (SSSR count). The monoisotopic (exact) mass is 283 g/mol. The lowest BCUT2D eigenvalue weighted by Crippen LogP contribution is -2.18. The first kappa shape index (κ1) is 14.2. The Balaban J connectivity index is 2.09. The van der Waals surface area contributed by atoms with Gasteiger partial charge in [-0.3, -0.25) is 0 Å². The zero-order valence-corrected chi connectivity index (χ0v) is 12.6. The van der Waals surface area contributed by atoms with Crippen LogP contribution in [0, 0.1) is 0 Å². The van der Waals surface area contributed by atoms with Crippen molar-refractivity contribution in [2.75, 3.05) is 0 Å². The Morgan fingerprint density at radius 2 is 2.06 bits per heavy atom. The highest BCUT2D eigenvalue weighted by Gasteiger charge is 2.16. The van der Waals surface area contributed by atoms with Gasteiger partial charge in [0.25, 0.3) is 0 Å². The Morgan fingerprint density at radius 3 is 2.72 bits per heavy atom. The van der Waals surface area contributed by atoms with Crippen molar-refractivity contribution in [1.82, 2.24) is 0 Å². The Labute approximate surface area is 119 Å². The fourth-order valence-corrected chi connectivity index (χ4v) is 4.10. The first-order valence-corrected chi connectivity index (χ1v) is 8.11. The third-order valence-electron chi connectivity index (χ3n) is 3.41. The van der Waals surface area contributed by atoms with Gasteiger partial charge in [-0.2, -0.15) is 0 Å². The van der Waals surface area contributed by atoms with Gasteiger partial charge in [0.05, 0.1) is 0 Å². The summed E-state index contributed by atoms with van der Waals surface area (Å²) in [7, 11) is 0. The van der Waals surface area contributed by atoms with E-state index in [-0.39, 0.29) is 6.04 Å². The molecule has 1 aliphatic rings. The van der Waals surface area contributed by atoms with Gasteiger partial charge in [-0.15, -0.1) is 11.8 Å². The van der Waals surface area contributed by atoms with Crippen molar-refractivity contribution in [3.63, 3.8) is 0 Å². The average molecular weight is 284 g/mol. The Bertz CT molecular complexity index is 386. The van der Waals surface area contributed by atoms with Gasteiger partial charge in [-0.25, -0.2) is 0 Å². The van der Waals surface area contributed by atoms with Crippen LogP contribution in [0.3, 0.4) is 0 Å². The smallest absolute Gasteiger partial charge is 0.0409 e. The summed E-state index contributed by atoms with van der Waals surface area (Å²) in [4.78, 5) is 1.38. The minimum absolute atomic E-state index is 0.189. The van der Waals surface area contributed by atoms with Crippen molar-refractivity contribution in [2.45, 2.75) is 61.6 Å². The van der Waals surface area contributed by atoms with E-state index in [0.717, 1.165) is 16.7 Å². The van der Waals surface area contributed by atoms with Crippen LogP contribution in [0.15, 0.2) is 23.1 Å². The standard InChI is InChI=1S/C15H22ClNS/c1-11(17)9-12-10-13(16)7-8-15(12)18-14-5-3-2-4-6-14/h7-8,10-11,14H,2-6,9,17H2,1H3. The van der Waals surface area contributed by atoms with E-state index in [9.17, 15) is 0 Å². The van der Waals surface area contributed by atoms with Crippen LogP contribution in [0.5, 0.6) is 0 Å². The molecule has 100 valence electrons. The van der Waals surface area contributed by atoms with E-state index in [0.29, 0.717) is 0 Å². The highest BCUT2D eigenvalue weighted by atomic mass is 35.5. The molecule has 0 radical (unpaired) electrons. The molecule has 1 unspecified atom stereocenters. The summed E-state index contributed by atoms with van der Waals surface area (Å²) >= 11 is 8.12. The van der Waals surface area contributed by atoms with Gasteiger partial charge in [0, 0.05) is 21.2 Å². The topological polar surface area (TPSA) is 26.0 Å². The minimum atomic E-state index is 0.189. The minimum Gasteiger partial charge on any atom is -0.328 e. The maximum absolute atomic E-state index is 6.09. The second-order valence-corrected chi connectivity index (χ2v) is 7.09. The summed E-state index contributed by atoms with van der Waals surface area (Å²) in [6.45, 7) is 2.05. The lowest BCUT2D eigenvalue weighted by molar-refractivity contribution is 0.516. The molecule has 0 aliphatic heterocycles. The highest BCUT2D eigenvalue weighted by Crippen LogP contribution is 2.36. The van der Waals surface area contributed by atoms with Crippen molar-refractivity contribution in [3.05, 3.63) is 28.8 Å². The van der Waals surface area contributed by atoms with Gasteiger partial charge in [0.2, 0.25) is 0 Å². The summed E-state index contributed by atoms with van der Waals surface area (Å²) in [5, 5.41) is 1.60. The van der Waals surface area contributed by atoms with Crippen LogP contribution in [-0.4, -0.2) is 11.3 Å². The summed E-state index contributed by atoms with van der Waals surface area (Å²) in [5.41, 5.74) is 7.24. The van der Waals surface area contributed by atoms with Gasteiger partial charge in [-0.05, 0) is 49.9 Å². The largest absolute Gasteiger partial charge is 0.328 e. The molecule has 1 fully saturated rings. The molecular formula is C15H22ClNS. The molecule has 1 aromatic rings. The van der Waals surface area contributed by atoms with Crippen molar-refractivity contribution >= 4 is 23.4 Å². The number of hydrogen-bond acceptors (Lipinski definition) is 2. The van der Waals surface area contributed by atoms with Gasteiger partial charge in [0.15, 0.2) is 0 Å². The first-order valence-electron chi connectivity index (χ1n) is 6.86. The average Bonchev–Trinajstić information content (AvgIpc) is 2.33.